The van der Waals surface area contributed by atoms with E-state index in [9.17, 15) is 0 Å². The van der Waals surface area contributed by atoms with Crippen LogP contribution in [0.1, 0.15) is 6.92 Å². The number of hydrogen-bond donors (Lipinski definition) is 0. The number of ether oxygens (including phenoxy) is 1. The van der Waals surface area contributed by atoms with E-state index >= 15 is 0 Å². The number of morpholine rings is 1. The molecule has 1 aromatic carbocycles. The van der Waals surface area contributed by atoms with Crippen LogP contribution < -0.4 is 4.90 Å². The molecule has 3 rings (SSSR count). The predicted molar refractivity (Wildman–Crippen MR) is 86.7 cm³/mol. The highest BCUT2D eigenvalue weighted by atomic mass is 79.9. The summed E-state index contributed by atoms with van der Waals surface area (Å²) in [5, 5.41) is 2.34. The first-order valence-corrected chi connectivity index (χ1v) is 8.01. The third-order valence-electron chi connectivity index (χ3n) is 3.68. The fourth-order valence-corrected chi connectivity index (χ4v) is 3.27. The first kappa shape index (κ1) is 14.1. The zero-order valence-corrected chi connectivity index (χ0v) is 13.6. The van der Waals surface area contributed by atoms with Crippen LogP contribution in [-0.2, 0) is 4.74 Å². The van der Waals surface area contributed by atoms with E-state index in [0.717, 1.165) is 22.2 Å². The highest BCUT2D eigenvalue weighted by Gasteiger charge is 2.27. The average Bonchev–Trinajstić information content (AvgIpc) is 2.48. The molecule has 0 spiro atoms. The molecule has 0 N–H and O–H groups in total. The summed E-state index contributed by atoms with van der Waals surface area (Å²) in [4.78, 5) is 6.89. The lowest BCUT2D eigenvalue weighted by Crippen LogP contribution is -2.49. The van der Waals surface area contributed by atoms with Gasteiger partial charge in [-0.3, -0.25) is 0 Å². The minimum Gasteiger partial charge on any atom is -0.373 e. The van der Waals surface area contributed by atoms with Crippen LogP contribution in [0.2, 0.25) is 0 Å². The van der Waals surface area contributed by atoms with Crippen LogP contribution in [0.4, 0.5) is 5.82 Å². The van der Waals surface area contributed by atoms with Crippen LogP contribution in [-0.4, -0.2) is 36.2 Å². The molecule has 0 aliphatic carbocycles. The maximum Gasteiger partial charge on any atom is 0.136 e. The van der Waals surface area contributed by atoms with Gasteiger partial charge in [0.1, 0.15) is 5.82 Å². The Morgan fingerprint density at radius 2 is 2.25 bits per heavy atom. The molecule has 0 radical (unpaired) electrons. The van der Waals surface area contributed by atoms with Crippen LogP contribution in [0.15, 0.2) is 34.9 Å². The molecule has 1 fully saturated rings. The third kappa shape index (κ3) is 2.52. The Kier molecular flexibility index (Phi) is 4.15. The van der Waals surface area contributed by atoms with Crippen LogP contribution >= 0.6 is 27.5 Å². The van der Waals surface area contributed by atoms with Crippen LogP contribution in [0.25, 0.3) is 10.8 Å². The van der Waals surface area contributed by atoms with E-state index in [4.69, 9.17) is 16.3 Å². The standard InChI is InChI=1S/C15H16BrClN2O/c1-10-9-20-11(7-17)8-19(10)15-13-3-2-4-14(16)12(13)5-6-18-15/h2-6,10-11H,7-9H2,1H3. The van der Waals surface area contributed by atoms with E-state index in [2.05, 4.69) is 44.9 Å². The van der Waals surface area contributed by atoms with Crippen LogP contribution in [0.5, 0.6) is 0 Å². The fraction of sp³-hybridized carbons (Fsp3) is 0.400. The zero-order valence-electron chi connectivity index (χ0n) is 11.2. The second kappa shape index (κ2) is 5.88. The van der Waals surface area contributed by atoms with E-state index in [-0.39, 0.29) is 6.10 Å². The predicted octanol–water partition coefficient (Wildman–Crippen LogP) is 3.83. The lowest BCUT2D eigenvalue weighted by molar-refractivity contribution is 0.0362. The van der Waals surface area contributed by atoms with Gasteiger partial charge in [0.05, 0.1) is 24.6 Å². The molecule has 2 heterocycles. The van der Waals surface area contributed by atoms with Gasteiger partial charge < -0.3 is 9.64 Å². The minimum absolute atomic E-state index is 0.0667. The highest BCUT2D eigenvalue weighted by molar-refractivity contribution is 9.10. The largest absolute Gasteiger partial charge is 0.373 e. The summed E-state index contributed by atoms with van der Waals surface area (Å²) >= 11 is 9.55. The van der Waals surface area contributed by atoms with E-state index in [0.29, 0.717) is 18.5 Å². The van der Waals surface area contributed by atoms with Crippen molar-refractivity contribution in [1.82, 2.24) is 4.98 Å². The fourth-order valence-electron chi connectivity index (χ4n) is 2.59. The Morgan fingerprint density at radius 1 is 1.40 bits per heavy atom. The number of hydrogen-bond acceptors (Lipinski definition) is 3. The molecule has 2 unspecified atom stereocenters. The van der Waals surface area contributed by atoms with Crippen LogP contribution in [0.3, 0.4) is 0 Å². The Morgan fingerprint density at radius 3 is 3.05 bits per heavy atom. The molecule has 1 aliphatic heterocycles. The number of pyridine rings is 1. The second-order valence-electron chi connectivity index (χ2n) is 5.08. The lowest BCUT2D eigenvalue weighted by atomic mass is 10.1. The molecule has 5 heteroatoms. The van der Waals surface area contributed by atoms with E-state index in [1.165, 1.54) is 5.39 Å². The van der Waals surface area contributed by atoms with Gasteiger partial charge in [0.2, 0.25) is 0 Å². The molecule has 2 aromatic rings. The van der Waals surface area contributed by atoms with Crippen molar-refractivity contribution in [2.45, 2.75) is 19.1 Å². The van der Waals surface area contributed by atoms with Gasteiger partial charge in [-0.2, -0.15) is 0 Å². The minimum atomic E-state index is 0.0667. The Hall–Kier alpha value is -0.840. The van der Waals surface area contributed by atoms with Crippen molar-refractivity contribution in [3.63, 3.8) is 0 Å². The molecule has 2 atom stereocenters. The molecular weight excluding hydrogens is 340 g/mol. The van der Waals surface area contributed by atoms with Crippen molar-refractivity contribution in [3.05, 3.63) is 34.9 Å². The highest BCUT2D eigenvalue weighted by Crippen LogP contribution is 2.31. The number of rotatable bonds is 2. The molecule has 1 aromatic heterocycles. The van der Waals surface area contributed by atoms with Gasteiger partial charge in [-0.1, -0.05) is 28.1 Å². The second-order valence-corrected chi connectivity index (χ2v) is 6.24. The molecule has 1 aliphatic rings. The van der Waals surface area contributed by atoms with E-state index < -0.39 is 0 Å². The Balaban J connectivity index is 2.07. The summed E-state index contributed by atoms with van der Waals surface area (Å²) in [7, 11) is 0. The van der Waals surface area contributed by atoms with Crippen molar-refractivity contribution < 1.29 is 4.74 Å². The monoisotopic (exact) mass is 354 g/mol. The van der Waals surface area contributed by atoms with Crippen molar-refractivity contribution in [2.75, 3.05) is 23.9 Å². The Bertz CT molecular complexity index is 622. The molecule has 106 valence electrons. The Labute approximate surface area is 132 Å². The first-order chi connectivity index (χ1) is 9.70. The maximum atomic E-state index is 5.94. The molecule has 3 nitrogen and oxygen atoms in total. The summed E-state index contributed by atoms with van der Waals surface area (Å²) in [6.07, 6.45) is 1.93. The average molecular weight is 356 g/mol. The third-order valence-corrected chi connectivity index (χ3v) is 4.72. The number of aromatic nitrogens is 1. The van der Waals surface area contributed by atoms with E-state index in [1.807, 2.05) is 18.3 Å². The quantitative estimate of drug-likeness (QED) is 0.766. The number of fused-ring (bicyclic) bond motifs is 1. The lowest BCUT2D eigenvalue weighted by Gasteiger charge is -2.38. The van der Waals surface area contributed by atoms with Crippen molar-refractivity contribution in [1.29, 1.82) is 0 Å². The summed E-state index contributed by atoms with van der Waals surface area (Å²) in [6, 6.07) is 8.54. The molecule has 20 heavy (non-hydrogen) atoms. The molecular formula is C15H16BrClN2O. The maximum absolute atomic E-state index is 5.94. The van der Waals surface area contributed by atoms with Gasteiger partial charge in [0.15, 0.2) is 0 Å². The van der Waals surface area contributed by atoms with Gasteiger partial charge >= 0.3 is 0 Å². The number of anilines is 1. The first-order valence-electron chi connectivity index (χ1n) is 6.68. The van der Waals surface area contributed by atoms with Gasteiger partial charge in [0, 0.05) is 28.0 Å². The van der Waals surface area contributed by atoms with Gasteiger partial charge in [-0.05, 0) is 19.1 Å². The van der Waals surface area contributed by atoms with Gasteiger partial charge in [0.25, 0.3) is 0 Å². The topological polar surface area (TPSA) is 25.4 Å². The molecule has 0 amide bonds. The normalized spacial score (nSPS) is 23.2. The zero-order chi connectivity index (χ0) is 14.1. The number of halogens is 2. The van der Waals surface area contributed by atoms with Crippen molar-refractivity contribution in [3.8, 4) is 0 Å². The smallest absolute Gasteiger partial charge is 0.136 e. The summed E-state index contributed by atoms with van der Waals surface area (Å²) in [5.41, 5.74) is 0. The molecule has 0 bridgehead atoms. The molecule has 0 saturated carbocycles. The van der Waals surface area contributed by atoms with Crippen molar-refractivity contribution >= 4 is 44.1 Å². The number of benzene rings is 1. The summed E-state index contributed by atoms with van der Waals surface area (Å²) < 4.78 is 6.81. The molecule has 1 saturated heterocycles. The van der Waals surface area contributed by atoms with Gasteiger partial charge in [-0.15, -0.1) is 11.6 Å². The SMILES string of the molecule is CC1COC(CCl)CN1c1nccc2c(Br)cccc12. The van der Waals surface area contributed by atoms with Crippen molar-refractivity contribution in [2.24, 2.45) is 0 Å². The van der Waals surface area contributed by atoms with Crippen LogP contribution in [0, 0.1) is 0 Å². The summed E-state index contributed by atoms with van der Waals surface area (Å²) in [6.45, 7) is 3.62. The van der Waals surface area contributed by atoms with E-state index in [1.54, 1.807) is 0 Å². The number of nitrogens with zero attached hydrogens (tertiary/aromatic N) is 2. The van der Waals surface area contributed by atoms with Gasteiger partial charge in [-0.25, -0.2) is 4.98 Å². The number of alkyl halides is 1. The summed E-state index contributed by atoms with van der Waals surface area (Å²) in [5.74, 6) is 1.52.